The van der Waals surface area contributed by atoms with Crippen molar-refractivity contribution in [3.05, 3.63) is 107 Å². The molecule has 3 aromatic rings. The largest absolute Gasteiger partial charge is 0.480 e. The number of benzene rings is 3. The molecule has 0 bridgehead atoms. The predicted molar refractivity (Wildman–Crippen MR) is 104 cm³/mol. The number of hydrogen-bond donors (Lipinski definition) is 2. The number of nitrogens with one attached hydrogen (secondary N) is 1. The van der Waals surface area contributed by atoms with Crippen molar-refractivity contribution in [2.24, 2.45) is 0 Å². The highest BCUT2D eigenvalue weighted by Crippen LogP contribution is 2.28. The van der Waals surface area contributed by atoms with E-state index in [1.54, 1.807) is 0 Å². The Hall–Kier alpha value is -3.47. The fourth-order valence-corrected chi connectivity index (χ4v) is 3.20. The van der Waals surface area contributed by atoms with Gasteiger partial charge in [0.25, 0.3) is 0 Å². The van der Waals surface area contributed by atoms with Crippen molar-refractivity contribution in [2.75, 3.05) is 0 Å². The summed E-state index contributed by atoms with van der Waals surface area (Å²) in [6, 6.07) is 22.9. The molecule has 0 saturated carbocycles. The van der Waals surface area contributed by atoms with E-state index in [9.17, 15) is 19.1 Å². The number of amides is 1. The van der Waals surface area contributed by atoms with Crippen LogP contribution in [0.5, 0.6) is 0 Å². The Morgan fingerprint density at radius 2 is 1.32 bits per heavy atom. The van der Waals surface area contributed by atoms with Crippen LogP contribution in [0.25, 0.3) is 0 Å². The highest BCUT2D eigenvalue weighted by atomic mass is 19.1. The summed E-state index contributed by atoms with van der Waals surface area (Å²) in [4.78, 5) is 24.6. The van der Waals surface area contributed by atoms with Crippen LogP contribution in [-0.2, 0) is 16.0 Å². The van der Waals surface area contributed by atoms with Crippen molar-refractivity contribution in [2.45, 2.75) is 18.4 Å². The van der Waals surface area contributed by atoms with Gasteiger partial charge in [0.15, 0.2) is 0 Å². The van der Waals surface area contributed by atoms with Crippen LogP contribution in [0, 0.1) is 5.82 Å². The van der Waals surface area contributed by atoms with Crippen molar-refractivity contribution in [3.63, 3.8) is 0 Å². The first kappa shape index (κ1) is 19.3. The lowest BCUT2D eigenvalue weighted by Crippen LogP contribution is -2.46. The minimum absolute atomic E-state index is 0.0274. The zero-order chi connectivity index (χ0) is 19.9. The first-order valence-electron chi connectivity index (χ1n) is 8.91. The Morgan fingerprint density at radius 1 is 0.821 bits per heavy atom. The maximum Gasteiger partial charge on any atom is 0.327 e. The van der Waals surface area contributed by atoms with Crippen LogP contribution < -0.4 is 5.32 Å². The van der Waals surface area contributed by atoms with Crippen LogP contribution in [0.4, 0.5) is 4.39 Å². The van der Waals surface area contributed by atoms with Gasteiger partial charge < -0.3 is 10.4 Å². The molecule has 0 aliphatic carbocycles. The lowest BCUT2D eigenvalue weighted by Gasteiger charge is -2.26. The molecule has 3 aromatic carbocycles. The molecule has 0 aliphatic heterocycles. The minimum atomic E-state index is -1.14. The van der Waals surface area contributed by atoms with Gasteiger partial charge in [-0.1, -0.05) is 72.8 Å². The summed E-state index contributed by atoms with van der Waals surface area (Å²) in [5.41, 5.74) is 2.20. The standard InChI is InChI=1S/C23H20FNO3/c24-19-13-11-16(12-14-19)15-20(26)25-22(23(27)28)21(17-7-3-1-4-8-17)18-9-5-2-6-10-18/h1-14,21-22H,15H2,(H,25,26)(H,27,28)/t22-/m1/s1. The molecular formula is C23H20FNO3. The van der Waals surface area contributed by atoms with Crippen LogP contribution in [0.1, 0.15) is 22.6 Å². The van der Waals surface area contributed by atoms with Crippen molar-refractivity contribution in [1.29, 1.82) is 0 Å². The molecule has 0 aliphatic rings. The first-order chi connectivity index (χ1) is 13.5. The quantitative estimate of drug-likeness (QED) is 0.659. The average Bonchev–Trinajstić information content (AvgIpc) is 2.71. The number of rotatable bonds is 7. The Bertz CT molecular complexity index is 888. The summed E-state index contributed by atoms with van der Waals surface area (Å²) in [5, 5.41) is 12.5. The topological polar surface area (TPSA) is 66.4 Å². The molecule has 1 amide bonds. The van der Waals surface area contributed by atoms with Crippen LogP contribution in [0.3, 0.4) is 0 Å². The Kier molecular flexibility index (Phi) is 6.17. The third-order valence-corrected chi connectivity index (χ3v) is 4.51. The molecule has 0 aromatic heterocycles. The zero-order valence-corrected chi connectivity index (χ0v) is 15.1. The highest BCUT2D eigenvalue weighted by Gasteiger charge is 2.32. The molecule has 0 heterocycles. The van der Waals surface area contributed by atoms with Gasteiger partial charge in [0.05, 0.1) is 6.42 Å². The fourth-order valence-electron chi connectivity index (χ4n) is 3.20. The monoisotopic (exact) mass is 377 g/mol. The van der Waals surface area contributed by atoms with Gasteiger partial charge in [0, 0.05) is 5.92 Å². The van der Waals surface area contributed by atoms with E-state index in [1.807, 2.05) is 60.7 Å². The second kappa shape index (κ2) is 8.95. The van der Waals surface area contributed by atoms with Crippen LogP contribution in [0.2, 0.25) is 0 Å². The third kappa shape index (κ3) is 4.82. The highest BCUT2D eigenvalue weighted by molar-refractivity contribution is 5.86. The summed E-state index contributed by atoms with van der Waals surface area (Å²) >= 11 is 0. The molecule has 2 N–H and O–H groups in total. The smallest absolute Gasteiger partial charge is 0.327 e. The molecule has 0 fully saturated rings. The third-order valence-electron chi connectivity index (χ3n) is 4.51. The van der Waals surface area contributed by atoms with Crippen LogP contribution >= 0.6 is 0 Å². The molecule has 0 radical (unpaired) electrons. The lowest BCUT2D eigenvalue weighted by molar-refractivity contribution is -0.142. The van der Waals surface area contributed by atoms with E-state index in [2.05, 4.69) is 5.32 Å². The molecule has 0 spiro atoms. The van der Waals surface area contributed by atoms with Gasteiger partial charge >= 0.3 is 5.97 Å². The number of aliphatic carboxylic acids is 1. The van der Waals surface area contributed by atoms with E-state index in [0.717, 1.165) is 11.1 Å². The van der Waals surface area contributed by atoms with Gasteiger partial charge in [-0.05, 0) is 28.8 Å². The van der Waals surface area contributed by atoms with E-state index in [-0.39, 0.29) is 12.2 Å². The zero-order valence-electron chi connectivity index (χ0n) is 15.1. The average molecular weight is 377 g/mol. The van der Waals surface area contributed by atoms with E-state index >= 15 is 0 Å². The van der Waals surface area contributed by atoms with E-state index < -0.39 is 23.8 Å². The van der Waals surface area contributed by atoms with E-state index in [0.29, 0.717) is 5.56 Å². The Morgan fingerprint density at radius 3 is 1.79 bits per heavy atom. The first-order valence-corrected chi connectivity index (χ1v) is 8.91. The van der Waals surface area contributed by atoms with E-state index in [4.69, 9.17) is 0 Å². The Balaban J connectivity index is 1.87. The lowest BCUT2D eigenvalue weighted by atomic mass is 9.85. The van der Waals surface area contributed by atoms with Gasteiger partial charge in [-0.3, -0.25) is 4.79 Å². The number of hydrogen-bond acceptors (Lipinski definition) is 2. The minimum Gasteiger partial charge on any atom is -0.480 e. The molecule has 1 atom stereocenters. The normalized spacial score (nSPS) is 11.8. The number of carbonyl (C=O) groups excluding carboxylic acids is 1. The molecule has 0 saturated heterocycles. The number of halogens is 1. The molecule has 142 valence electrons. The van der Waals surface area contributed by atoms with Gasteiger partial charge in [0.1, 0.15) is 11.9 Å². The second-order valence-corrected chi connectivity index (χ2v) is 6.49. The second-order valence-electron chi connectivity index (χ2n) is 6.49. The molecular weight excluding hydrogens is 357 g/mol. The summed E-state index contributed by atoms with van der Waals surface area (Å²) in [6.45, 7) is 0. The predicted octanol–water partition coefficient (Wildman–Crippen LogP) is 3.77. The maximum absolute atomic E-state index is 13.0. The van der Waals surface area contributed by atoms with E-state index in [1.165, 1.54) is 24.3 Å². The SMILES string of the molecule is O=C(Cc1ccc(F)cc1)N[C@@H](C(=O)O)C(c1ccccc1)c1ccccc1. The summed E-state index contributed by atoms with van der Waals surface area (Å²) in [7, 11) is 0. The van der Waals surface area contributed by atoms with Crippen LogP contribution in [-0.4, -0.2) is 23.0 Å². The summed E-state index contributed by atoms with van der Waals surface area (Å²) in [5.74, 6) is -2.49. The van der Waals surface area contributed by atoms with Crippen molar-refractivity contribution in [3.8, 4) is 0 Å². The van der Waals surface area contributed by atoms with Crippen LogP contribution in [0.15, 0.2) is 84.9 Å². The maximum atomic E-state index is 13.0. The van der Waals surface area contributed by atoms with Crippen molar-refractivity contribution < 1.29 is 19.1 Å². The summed E-state index contributed by atoms with van der Waals surface area (Å²) in [6.07, 6.45) is -0.0274. The Labute approximate surface area is 162 Å². The van der Waals surface area contributed by atoms with Gasteiger partial charge in [-0.15, -0.1) is 0 Å². The number of carboxylic acid groups (broad SMARTS) is 1. The van der Waals surface area contributed by atoms with Gasteiger partial charge in [-0.2, -0.15) is 0 Å². The van der Waals surface area contributed by atoms with Crippen molar-refractivity contribution in [1.82, 2.24) is 5.32 Å². The van der Waals surface area contributed by atoms with Gasteiger partial charge in [0.2, 0.25) is 5.91 Å². The molecule has 28 heavy (non-hydrogen) atoms. The molecule has 5 heteroatoms. The fraction of sp³-hybridized carbons (Fsp3) is 0.130. The molecule has 0 unspecified atom stereocenters. The molecule has 3 rings (SSSR count). The summed E-state index contributed by atoms with van der Waals surface area (Å²) < 4.78 is 13.0. The van der Waals surface area contributed by atoms with Crippen molar-refractivity contribution >= 4 is 11.9 Å². The molecule has 4 nitrogen and oxygen atoms in total. The number of carboxylic acids is 1. The van der Waals surface area contributed by atoms with Gasteiger partial charge in [-0.25, -0.2) is 9.18 Å². The number of carbonyl (C=O) groups is 2.